The van der Waals surface area contributed by atoms with Gasteiger partial charge in [0.15, 0.2) is 0 Å². The van der Waals surface area contributed by atoms with Gasteiger partial charge in [-0.3, -0.25) is 0 Å². The van der Waals surface area contributed by atoms with E-state index in [9.17, 15) is 0 Å². The number of rotatable bonds is 10. The molecule has 102 valence electrons. The molecular formula is C13H27NO2S. The average Bonchev–Trinajstić information content (AvgIpc) is 2.73. The molecule has 17 heavy (non-hydrogen) atoms. The molecule has 1 rings (SSSR count). The summed E-state index contributed by atoms with van der Waals surface area (Å²) < 4.78 is 11.0. The van der Waals surface area contributed by atoms with Crippen molar-refractivity contribution in [3.8, 4) is 0 Å². The first-order chi connectivity index (χ1) is 8.34. The molecule has 1 fully saturated rings. The Bertz CT molecular complexity index is 181. The van der Waals surface area contributed by atoms with Gasteiger partial charge in [-0.15, -0.1) is 0 Å². The van der Waals surface area contributed by atoms with Gasteiger partial charge in [0.25, 0.3) is 0 Å². The fourth-order valence-electron chi connectivity index (χ4n) is 1.83. The summed E-state index contributed by atoms with van der Waals surface area (Å²) in [6.45, 7) is 9.10. The lowest BCUT2D eigenvalue weighted by molar-refractivity contribution is 0.127. The molecule has 2 atom stereocenters. The van der Waals surface area contributed by atoms with Crippen LogP contribution in [0.4, 0.5) is 0 Å². The molecule has 0 spiro atoms. The van der Waals surface area contributed by atoms with Gasteiger partial charge >= 0.3 is 0 Å². The fraction of sp³-hybridized carbons (Fsp3) is 1.00. The van der Waals surface area contributed by atoms with Crippen LogP contribution >= 0.6 is 11.8 Å². The molecule has 0 bridgehead atoms. The highest BCUT2D eigenvalue weighted by atomic mass is 32.2. The smallest absolute Gasteiger partial charge is 0.0666 e. The Morgan fingerprint density at radius 3 is 2.94 bits per heavy atom. The molecule has 0 aromatic carbocycles. The molecule has 2 unspecified atom stereocenters. The molecule has 3 nitrogen and oxygen atoms in total. The van der Waals surface area contributed by atoms with Crippen molar-refractivity contribution in [1.82, 2.24) is 5.32 Å². The van der Waals surface area contributed by atoms with E-state index >= 15 is 0 Å². The molecule has 0 saturated carbocycles. The molecule has 0 aromatic rings. The molecule has 1 N–H and O–H groups in total. The Balaban J connectivity index is 1.78. The van der Waals surface area contributed by atoms with Gasteiger partial charge in [-0.25, -0.2) is 0 Å². The summed E-state index contributed by atoms with van der Waals surface area (Å²) in [5.74, 6) is 1.17. The lowest BCUT2D eigenvalue weighted by Crippen LogP contribution is -2.24. The second-order valence-corrected chi connectivity index (χ2v) is 5.84. The topological polar surface area (TPSA) is 30.5 Å². The second-order valence-electron chi connectivity index (χ2n) is 4.49. The van der Waals surface area contributed by atoms with Crippen molar-refractivity contribution in [2.45, 2.75) is 44.5 Å². The summed E-state index contributed by atoms with van der Waals surface area (Å²) in [5.41, 5.74) is 0. The van der Waals surface area contributed by atoms with Crippen LogP contribution in [0.25, 0.3) is 0 Å². The number of unbranched alkanes of at least 4 members (excludes halogenated alkanes) is 1. The minimum Gasteiger partial charge on any atom is -0.380 e. The minimum atomic E-state index is 0.442. The predicted molar refractivity (Wildman–Crippen MR) is 74.9 cm³/mol. The van der Waals surface area contributed by atoms with Crippen LogP contribution in [-0.4, -0.2) is 50.0 Å². The van der Waals surface area contributed by atoms with E-state index in [1.807, 2.05) is 11.8 Å². The van der Waals surface area contributed by atoms with Crippen LogP contribution in [-0.2, 0) is 9.47 Å². The van der Waals surface area contributed by atoms with E-state index in [4.69, 9.17) is 9.47 Å². The van der Waals surface area contributed by atoms with Crippen LogP contribution in [0, 0.1) is 0 Å². The van der Waals surface area contributed by atoms with E-state index in [2.05, 4.69) is 19.2 Å². The van der Waals surface area contributed by atoms with Crippen LogP contribution in [0.1, 0.15) is 33.1 Å². The summed E-state index contributed by atoms with van der Waals surface area (Å²) >= 11 is 2.04. The Hall–Kier alpha value is 0.230. The first-order valence-electron chi connectivity index (χ1n) is 6.86. The molecule has 0 amide bonds. The molecule has 4 heteroatoms. The van der Waals surface area contributed by atoms with Crippen molar-refractivity contribution in [2.75, 3.05) is 38.7 Å². The van der Waals surface area contributed by atoms with Gasteiger partial charge in [0.1, 0.15) is 0 Å². The Morgan fingerprint density at radius 2 is 2.24 bits per heavy atom. The molecule has 0 radical (unpaired) electrons. The maximum absolute atomic E-state index is 5.54. The van der Waals surface area contributed by atoms with E-state index in [1.165, 1.54) is 25.0 Å². The monoisotopic (exact) mass is 261 g/mol. The summed E-state index contributed by atoms with van der Waals surface area (Å²) in [6.07, 6.45) is 4.05. The second kappa shape index (κ2) is 10.2. The van der Waals surface area contributed by atoms with E-state index in [1.54, 1.807) is 0 Å². The van der Waals surface area contributed by atoms with Crippen molar-refractivity contribution in [2.24, 2.45) is 0 Å². The van der Waals surface area contributed by atoms with Gasteiger partial charge in [-0.1, -0.05) is 13.3 Å². The van der Waals surface area contributed by atoms with Gasteiger partial charge in [0.05, 0.1) is 12.7 Å². The Labute approximate surface area is 110 Å². The van der Waals surface area contributed by atoms with Crippen LogP contribution in [0.2, 0.25) is 0 Å². The number of hydrogen-bond donors (Lipinski definition) is 1. The highest BCUT2D eigenvalue weighted by Crippen LogP contribution is 2.25. The largest absolute Gasteiger partial charge is 0.380 e. The van der Waals surface area contributed by atoms with E-state index in [0.29, 0.717) is 11.4 Å². The third kappa shape index (κ3) is 7.29. The van der Waals surface area contributed by atoms with E-state index in [-0.39, 0.29) is 0 Å². The summed E-state index contributed by atoms with van der Waals surface area (Å²) in [4.78, 5) is 0. The quantitative estimate of drug-likeness (QED) is 0.611. The zero-order valence-corrected chi connectivity index (χ0v) is 12.1. The summed E-state index contributed by atoms with van der Waals surface area (Å²) in [7, 11) is 0. The lowest BCUT2D eigenvalue weighted by Gasteiger charge is -2.13. The SMILES string of the molecule is CCCCOCCNCCSC1CCOC1C. The first kappa shape index (κ1) is 15.3. The van der Waals surface area contributed by atoms with Crippen molar-refractivity contribution >= 4 is 11.8 Å². The molecule has 0 aliphatic carbocycles. The van der Waals surface area contributed by atoms with Crippen molar-refractivity contribution in [1.29, 1.82) is 0 Å². The molecule has 1 heterocycles. The van der Waals surface area contributed by atoms with Crippen molar-refractivity contribution in [3.63, 3.8) is 0 Å². The Morgan fingerprint density at radius 1 is 1.35 bits per heavy atom. The molecular weight excluding hydrogens is 234 g/mol. The zero-order chi connectivity index (χ0) is 12.3. The number of ether oxygens (including phenoxy) is 2. The average molecular weight is 261 g/mol. The van der Waals surface area contributed by atoms with Gasteiger partial charge in [-0.2, -0.15) is 11.8 Å². The normalized spacial score (nSPS) is 24.4. The van der Waals surface area contributed by atoms with Crippen LogP contribution in [0.15, 0.2) is 0 Å². The molecule has 1 saturated heterocycles. The molecule has 1 aliphatic heterocycles. The van der Waals surface area contributed by atoms with Gasteiger partial charge in [0.2, 0.25) is 0 Å². The standard InChI is InChI=1S/C13H27NO2S/c1-3-4-8-15-10-6-14-7-11-17-13-5-9-16-12(13)2/h12-14H,3-11H2,1-2H3. The van der Waals surface area contributed by atoms with Gasteiger partial charge < -0.3 is 14.8 Å². The van der Waals surface area contributed by atoms with E-state index in [0.717, 1.165) is 32.9 Å². The lowest BCUT2D eigenvalue weighted by atomic mass is 10.3. The molecule has 1 aliphatic rings. The zero-order valence-electron chi connectivity index (χ0n) is 11.2. The van der Waals surface area contributed by atoms with Crippen molar-refractivity contribution < 1.29 is 9.47 Å². The number of hydrogen-bond acceptors (Lipinski definition) is 4. The third-order valence-electron chi connectivity index (χ3n) is 2.98. The summed E-state index contributed by atoms with van der Waals surface area (Å²) in [6, 6.07) is 0. The highest BCUT2D eigenvalue weighted by Gasteiger charge is 2.23. The van der Waals surface area contributed by atoms with Crippen LogP contribution in [0.5, 0.6) is 0 Å². The minimum absolute atomic E-state index is 0.442. The predicted octanol–water partition coefficient (Wildman–Crippen LogP) is 2.30. The first-order valence-corrected chi connectivity index (χ1v) is 7.91. The Kier molecular flexibility index (Phi) is 9.16. The number of nitrogens with one attached hydrogen (secondary N) is 1. The third-order valence-corrected chi connectivity index (χ3v) is 4.47. The maximum atomic E-state index is 5.54. The van der Waals surface area contributed by atoms with Gasteiger partial charge in [-0.05, 0) is 19.8 Å². The molecule has 0 aromatic heterocycles. The van der Waals surface area contributed by atoms with Crippen LogP contribution in [0.3, 0.4) is 0 Å². The fourth-order valence-corrected chi connectivity index (χ4v) is 3.01. The maximum Gasteiger partial charge on any atom is 0.0666 e. The van der Waals surface area contributed by atoms with Crippen LogP contribution < -0.4 is 5.32 Å². The summed E-state index contributed by atoms with van der Waals surface area (Å²) in [5, 5.41) is 4.12. The number of thioether (sulfide) groups is 1. The van der Waals surface area contributed by atoms with E-state index < -0.39 is 0 Å². The highest BCUT2D eigenvalue weighted by molar-refractivity contribution is 8.00. The van der Waals surface area contributed by atoms with Crippen molar-refractivity contribution in [3.05, 3.63) is 0 Å². The van der Waals surface area contributed by atoms with Gasteiger partial charge in [0, 0.05) is 37.3 Å².